The zero-order valence-electron chi connectivity index (χ0n) is 12.0. The molecule has 2 N–H and O–H groups in total. The number of nitrogens with one attached hydrogen (secondary N) is 2. The van der Waals surface area contributed by atoms with Crippen LogP contribution in [-0.2, 0) is 14.4 Å². The molecule has 109 valence electrons. The van der Waals surface area contributed by atoms with Crippen molar-refractivity contribution in [1.29, 1.82) is 0 Å². The summed E-state index contributed by atoms with van der Waals surface area (Å²) in [6.07, 6.45) is 4.84. The monoisotopic (exact) mass is 287 g/mol. The molecular weight excluding hydrogens is 264 g/mol. The average molecular weight is 287 g/mol. The lowest BCUT2D eigenvalue weighted by molar-refractivity contribution is -0.128. The highest BCUT2D eigenvalue weighted by Gasteiger charge is 2.23. The lowest BCUT2D eigenvalue weighted by atomic mass is 10.0. The van der Waals surface area contributed by atoms with E-state index in [1.54, 1.807) is 11.8 Å². The Labute approximate surface area is 119 Å². The Bertz CT molecular complexity index is 308. The zero-order valence-corrected chi connectivity index (χ0v) is 12.8. The van der Waals surface area contributed by atoms with Crippen LogP contribution in [0, 0.1) is 5.92 Å². The number of amides is 2. The predicted octanol–water partition coefficient (Wildman–Crippen LogP) is 0.885. The molecule has 0 aromatic heterocycles. The summed E-state index contributed by atoms with van der Waals surface area (Å²) in [5, 5.41) is 5.23. The molecule has 0 heterocycles. The standard InChI is InChI=1S/C13H23N2O3S/c1-9(2)7-12(14-10(3)17)13(18)15-11(8-16)5-6-19-4/h9,11-12H,5-7H2,1-4H3,(H,14,17)(H,15,18)/t11-,12-/m0/s1. The van der Waals surface area contributed by atoms with Gasteiger partial charge in [-0.2, -0.15) is 11.8 Å². The van der Waals surface area contributed by atoms with E-state index < -0.39 is 12.1 Å². The molecule has 5 nitrogen and oxygen atoms in total. The maximum atomic E-state index is 12.0. The molecule has 1 radical (unpaired) electrons. The molecule has 19 heavy (non-hydrogen) atoms. The summed E-state index contributed by atoms with van der Waals surface area (Å²) in [6, 6.07) is -1.20. The molecule has 0 rings (SSSR count). The van der Waals surface area contributed by atoms with Crippen molar-refractivity contribution in [2.24, 2.45) is 5.92 Å². The normalized spacial score (nSPS) is 13.7. The van der Waals surface area contributed by atoms with Crippen LogP contribution in [0.1, 0.15) is 33.6 Å². The third-order valence-corrected chi connectivity index (χ3v) is 3.11. The molecular formula is C13H23N2O3S. The van der Waals surface area contributed by atoms with Crippen molar-refractivity contribution in [3.8, 4) is 0 Å². The van der Waals surface area contributed by atoms with Crippen LogP contribution in [0.3, 0.4) is 0 Å². The van der Waals surface area contributed by atoms with Gasteiger partial charge in [-0.15, -0.1) is 0 Å². The van der Waals surface area contributed by atoms with E-state index >= 15 is 0 Å². The molecule has 0 spiro atoms. The van der Waals surface area contributed by atoms with Crippen LogP contribution < -0.4 is 10.6 Å². The Balaban J connectivity index is 4.50. The van der Waals surface area contributed by atoms with Gasteiger partial charge in [-0.1, -0.05) is 13.8 Å². The molecule has 0 saturated heterocycles. The van der Waals surface area contributed by atoms with Gasteiger partial charge in [0, 0.05) is 6.92 Å². The highest BCUT2D eigenvalue weighted by Crippen LogP contribution is 2.06. The van der Waals surface area contributed by atoms with Crippen LogP contribution >= 0.6 is 11.8 Å². The van der Waals surface area contributed by atoms with Gasteiger partial charge in [-0.05, 0) is 30.8 Å². The maximum absolute atomic E-state index is 12.0. The number of thioether (sulfide) groups is 1. The highest BCUT2D eigenvalue weighted by atomic mass is 32.2. The van der Waals surface area contributed by atoms with Crippen molar-refractivity contribution >= 4 is 29.9 Å². The number of hydrogen-bond donors (Lipinski definition) is 2. The second-order valence-electron chi connectivity index (χ2n) is 4.84. The molecule has 2 amide bonds. The van der Waals surface area contributed by atoms with Crippen molar-refractivity contribution in [2.75, 3.05) is 12.0 Å². The van der Waals surface area contributed by atoms with Gasteiger partial charge >= 0.3 is 0 Å². The fraction of sp³-hybridized carbons (Fsp3) is 0.769. The summed E-state index contributed by atoms with van der Waals surface area (Å²) < 4.78 is 0. The van der Waals surface area contributed by atoms with E-state index in [-0.39, 0.29) is 17.7 Å². The van der Waals surface area contributed by atoms with Gasteiger partial charge in [0.1, 0.15) is 6.04 Å². The minimum Gasteiger partial charge on any atom is -0.345 e. The van der Waals surface area contributed by atoms with Gasteiger partial charge in [0.25, 0.3) is 0 Å². The first-order valence-electron chi connectivity index (χ1n) is 6.34. The van der Waals surface area contributed by atoms with Gasteiger partial charge in [-0.25, -0.2) is 0 Å². The Kier molecular flexibility index (Phi) is 9.30. The molecule has 0 bridgehead atoms. The van der Waals surface area contributed by atoms with E-state index in [2.05, 4.69) is 10.6 Å². The van der Waals surface area contributed by atoms with E-state index in [0.717, 1.165) is 5.75 Å². The Morgan fingerprint density at radius 1 is 1.26 bits per heavy atom. The van der Waals surface area contributed by atoms with Gasteiger partial charge in [-0.3, -0.25) is 14.4 Å². The summed E-state index contributed by atoms with van der Waals surface area (Å²) in [7, 11) is 0. The zero-order chi connectivity index (χ0) is 14.8. The number of rotatable bonds is 9. The first-order valence-corrected chi connectivity index (χ1v) is 7.74. The highest BCUT2D eigenvalue weighted by molar-refractivity contribution is 7.98. The largest absolute Gasteiger partial charge is 0.345 e. The average Bonchev–Trinajstić information content (AvgIpc) is 2.32. The van der Waals surface area contributed by atoms with Crippen LogP contribution in [-0.4, -0.2) is 42.2 Å². The molecule has 0 fully saturated rings. The van der Waals surface area contributed by atoms with E-state index in [9.17, 15) is 14.4 Å². The van der Waals surface area contributed by atoms with Crippen LogP contribution in [0.5, 0.6) is 0 Å². The van der Waals surface area contributed by atoms with E-state index in [1.165, 1.54) is 6.92 Å². The van der Waals surface area contributed by atoms with Crippen molar-refractivity contribution in [3.63, 3.8) is 0 Å². The minimum absolute atomic E-state index is 0.253. The summed E-state index contributed by atoms with van der Waals surface area (Å²) in [4.78, 5) is 33.9. The second kappa shape index (κ2) is 9.83. The van der Waals surface area contributed by atoms with Crippen molar-refractivity contribution in [2.45, 2.75) is 45.7 Å². The fourth-order valence-corrected chi connectivity index (χ4v) is 2.09. The lowest BCUT2D eigenvalue weighted by Crippen LogP contribution is -2.50. The Morgan fingerprint density at radius 3 is 2.32 bits per heavy atom. The van der Waals surface area contributed by atoms with Crippen LogP contribution in [0.4, 0.5) is 0 Å². The Hall–Kier alpha value is -1.04. The van der Waals surface area contributed by atoms with Gasteiger partial charge in [0.05, 0.1) is 6.04 Å². The first-order chi connectivity index (χ1) is 8.90. The van der Waals surface area contributed by atoms with Gasteiger partial charge in [0.15, 0.2) is 0 Å². The maximum Gasteiger partial charge on any atom is 0.243 e. The molecule has 0 saturated carbocycles. The summed E-state index contributed by atoms with van der Waals surface area (Å²) >= 11 is 1.60. The molecule has 0 aromatic carbocycles. The van der Waals surface area contributed by atoms with Crippen molar-refractivity contribution in [1.82, 2.24) is 10.6 Å². The fourth-order valence-electron chi connectivity index (χ4n) is 1.62. The predicted molar refractivity (Wildman–Crippen MR) is 77.7 cm³/mol. The third-order valence-electron chi connectivity index (χ3n) is 2.47. The number of carbonyl (C=O) groups excluding carboxylic acids is 3. The summed E-state index contributed by atoms with van der Waals surface area (Å²) in [5.74, 6) is 0.470. The van der Waals surface area contributed by atoms with Crippen molar-refractivity contribution < 1.29 is 14.4 Å². The smallest absolute Gasteiger partial charge is 0.243 e. The lowest BCUT2D eigenvalue weighted by Gasteiger charge is -2.21. The summed E-state index contributed by atoms with van der Waals surface area (Å²) in [6.45, 7) is 5.32. The molecule has 0 aliphatic rings. The van der Waals surface area contributed by atoms with Gasteiger partial charge < -0.3 is 10.6 Å². The Morgan fingerprint density at radius 2 is 1.89 bits per heavy atom. The van der Waals surface area contributed by atoms with Crippen LogP contribution in [0.25, 0.3) is 0 Å². The van der Waals surface area contributed by atoms with Gasteiger partial charge in [0.2, 0.25) is 18.1 Å². The quantitative estimate of drug-likeness (QED) is 0.660. The minimum atomic E-state index is -0.608. The van der Waals surface area contributed by atoms with E-state index in [4.69, 9.17) is 0 Å². The first kappa shape index (κ1) is 18.0. The topological polar surface area (TPSA) is 75.3 Å². The molecule has 0 unspecified atom stereocenters. The summed E-state index contributed by atoms with van der Waals surface area (Å²) in [5.41, 5.74) is 0. The molecule has 0 aromatic rings. The molecule has 0 aliphatic heterocycles. The van der Waals surface area contributed by atoms with E-state index in [0.29, 0.717) is 12.8 Å². The van der Waals surface area contributed by atoms with Crippen LogP contribution in [0.15, 0.2) is 0 Å². The second-order valence-corrected chi connectivity index (χ2v) is 5.83. The molecule has 6 heteroatoms. The number of hydrogen-bond acceptors (Lipinski definition) is 4. The third kappa shape index (κ3) is 8.64. The SMILES string of the molecule is CSCC[C@@H]([C]=O)NC(=O)[C@H](CC(C)C)NC(C)=O. The van der Waals surface area contributed by atoms with Crippen molar-refractivity contribution in [3.05, 3.63) is 0 Å². The van der Waals surface area contributed by atoms with E-state index in [1.807, 2.05) is 26.4 Å². The molecule has 0 aliphatic carbocycles. The van der Waals surface area contributed by atoms with Crippen LogP contribution in [0.2, 0.25) is 0 Å². The molecule has 2 atom stereocenters. The number of carbonyl (C=O) groups is 2.